The summed E-state index contributed by atoms with van der Waals surface area (Å²) in [5, 5.41) is 3.60. The molecule has 0 unspecified atom stereocenters. The van der Waals surface area contributed by atoms with Gasteiger partial charge >= 0.3 is 0 Å². The number of rotatable bonds is 4. The first-order valence-electron chi connectivity index (χ1n) is 15.0. The van der Waals surface area contributed by atoms with Crippen molar-refractivity contribution in [3.8, 4) is 28.3 Å². The van der Waals surface area contributed by atoms with Crippen LogP contribution in [0.4, 0.5) is 0 Å². The van der Waals surface area contributed by atoms with Crippen molar-refractivity contribution in [3.05, 3.63) is 139 Å². The van der Waals surface area contributed by atoms with Crippen molar-refractivity contribution < 1.29 is 24.5 Å². The molecule has 0 atom stereocenters. The molecule has 1 radical (unpaired) electrons. The molecule has 46 heavy (non-hydrogen) atoms. The summed E-state index contributed by atoms with van der Waals surface area (Å²) in [4.78, 5) is 13.7. The molecule has 5 nitrogen and oxygen atoms in total. The van der Waals surface area contributed by atoms with Crippen LogP contribution in [-0.4, -0.2) is 27.6 Å². The van der Waals surface area contributed by atoms with Gasteiger partial charge in [-0.05, 0) is 42.9 Å². The van der Waals surface area contributed by atoms with E-state index in [0.717, 1.165) is 67.0 Å². The van der Waals surface area contributed by atoms with Gasteiger partial charge in [0.15, 0.2) is 0 Å². The van der Waals surface area contributed by atoms with Crippen LogP contribution in [0.1, 0.15) is 5.69 Å². The molecule has 229 valence electrons. The topological polar surface area (TPSA) is 56.7 Å². The molecule has 8 rings (SSSR count). The molecule has 4 aromatic heterocycles. The van der Waals surface area contributed by atoms with E-state index in [1.807, 2.05) is 85.9 Å². The Morgan fingerprint density at radius 1 is 0.739 bits per heavy atom. The van der Waals surface area contributed by atoms with Gasteiger partial charge in [-0.15, -0.1) is 54.1 Å². The van der Waals surface area contributed by atoms with Crippen LogP contribution in [0, 0.1) is 19.1 Å². The number of furan rings is 1. The van der Waals surface area contributed by atoms with Gasteiger partial charge in [0, 0.05) is 43.6 Å². The average Bonchev–Trinajstić information content (AvgIpc) is 3.65. The molecule has 0 amide bonds. The van der Waals surface area contributed by atoms with Gasteiger partial charge in [0.2, 0.25) is 0 Å². The first-order valence-corrected chi connectivity index (χ1v) is 18.5. The Morgan fingerprint density at radius 3 is 2.28 bits per heavy atom. The molecule has 0 fully saturated rings. The molecule has 0 N–H and O–H groups in total. The molecule has 0 bridgehead atoms. The summed E-state index contributed by atoms with van der Waals surface area (Å²) in [5.74, 6) is 0.808. The van der Waals surface area contributed by atoms with Crippen molar-refractivity contribution in [2.75, 3.05) is 0 Å². The molecule has 0 aliphatic carbocycles. The van der Waals surface area contributed by atoms with Crippen LogP contribution in [0.5, 0.6) is 0 Å². The maximum absolute atomic E-state index is 6.51. The van der Waals surface area contributed by atoms with Gasteiger partial charge < -0.3 is 14.0 Å². The van der Waals surface area contributed by atoms with Gasteiger partial charge in [0.25, 0.3) is 0 Å². The minimum Gasteiger partial charge on any atom is -0.501 e. The zero-order valence-corrected chi connectivity index (χ0v) is 29.5. The van der Waals surface area contributed by atoms with E-state index in [9.17, 15) is 0 Å². The normalized spacial score (nSPS) is 11.3. The van der Waals surface area contributed by atoms with Crippen LogP contribution in [-0.2, 0) is 20.1 Å². The van der Waals surface area contributed by atoms with Crippen molar-refractivity contribution >= 4 is 46.2 Å². The monoisotopic (exact) mass is 793 g/mol. The van der Waals surface area contributed by atoms with E-state index >= 15 is 0 Å². The molecular formula is C39H32IrN4OSi-2. The second-order valence-corrected chi connectivity index (χ2v) is 17.1. The van der Waals surface area contributed by atoms with Crippen LogP contribution in [0.2, 0.25) is 19.6 Å². The van der Waals surface area contributed by atoms with Gasteiger partial charge in [0.05, 0.1) is 36.2 Å². The SMILES string of the molecule is Cc1nccc2c1nc(-c1[c-]ccc3c1oc1cc([Si](C)(C)C)ccc13)n2-c1ccccc1.[Ir].[c-]1ccccc1-c1ccccn1. The molecule has 8 aromatic rings. The summed E-state index contributed by atoms with van der Waals surface area (Å²) >= 11 is 0. The van der Waals surface area contributed by atoms with Crippen LogP contribution >= 0.6 is 0 Å². The van der Waals surface area contributed by atoms with Crippen LogP contribution in [0.3, 0.4) is 0 Å². The third kappa shape index (κ3) is 5.97. The number of aryl methyl sites for hydroxylation is 1. The Kier molecular flexibility index (Phi) is 8.83. The van der Waals surface area contributed by atoms with Gasteiger partial charge in [-0.25, -0.2) is 0 Å². The van der Waals surface area contributed by atoms with E-state index in [0.29, 0.717) is 0 Å². The zero-order chi connectivity index (χ0) is 31.0. The fraction of sp³-hybridized carbons (Fsp3) is 0.103. The molecule has 0 aliphatic heterocycles. The smallest absolute Gasteiger partial charge is 0.120 e. The summed E-state index contributed by atoms with van der Waals surface area (Å²) in [7, 11) is -1.45. The number of aromatic nitrogens is 4. The minimum atomic E-state index is -1.45. The summed E-state index contributed by atoms with van der Waals surface area (Å²) in [6.45, 7) is 9.07. The van der Waals surface area contributed by atoms with E-state index in [2.05, 4.69) is 82.7 Å². The summed E-state index contributed by atoms with van der Waals surface area (Å²) < 4.78 is 8.69. The molecule has 0 saturated carbocycles. The van der Waals surface area contributed by atoms with Crippen molar-refractivity contribution in [2.24, 2.45) is 0 Å². The fourth-order valence-electron chi connectivity index (χ4n) is 5.59. The van der Waals surface area contributed by atoms with Crippen molar-refractivity contribution in [1.82, 2.24) is 19.5 Å². The Labute approximate surface area is 283 Å². The van der Waals surface area contributed by atoms with Gasteiger partial charge in [0.1, 0.15) is 5.58 Å². The number of fused-ring (bicyclic) bond motifs is 4. The van der Waals surface area contributed by atoms with Gasteiger partial charge in [-0.1, -0.05) is 78.2 Å². The Morgan fingerprint density at radius 2 is 1.54 bits per heavy atom. The maximum atomic E-state index is 6.51. The van der Waals surface area contributed by atoms with Gasteiger partial charge in [-0.2, -0.15) is 0 Å². The van der Waals surface area contributed by atoms with E-state index in [4.69, 9.17) is 9.40 Å². The first-order chi connectivity index (χ1) is 21.9. The van der Waals surface area contributed by atoms with Crippen molar-refractivity contribution in [3.63, 3.8) is 0 Å². The number of nitrogens with zero attached hydrogens (tertiary/aromatic N) is 4. The molecule has 7 heteroatoms. The van der Waals surface area contributed by atoms with Gasteiger partial charge in [-0.3, -0.25) is 9.97 Å². The summed E-state index contributed by atoms with van der Waals surface area (Å²) in [6.07, 6.45) is 3.63. The quantitative estimate of drug-likeness (QED) is 0.132. The minimum absolute atomic E-state index is 0. The summed E-state index contributed by atoms with van der Waals surface area (Å²) in [6, 6.07) is 43.3. The maximum Gasteiger partial charge on any atom is 0.120 e. The predicted octanol–water partition coefficient (Wildman–Crippen LogP) is 9.19. The van der Waals surface area contributed by atoms with Crippen LogP contribution in [0.25, 0.3) is 61.3 Å². The molecule has 4 heterocycles. The Balaban J connectivity index is 0.000000241. The van der Waals surface area contributed by atoms with Crippen molar-refractivity contribution in [2.45, 2.75) is 26.6 Å². The van der Waals surface area contributed by atoms with E-state index < -0.39 is 8.07 Å². The molecule has 0 saturated heterocycles. The molecule has 4 aromatic carbocycles. The number of hydrogen-bond donors (Lipinski definition) is 0. The second kappa shape index (κ2) is 13.0. The first kappa shape index (κ1) is 31.3. The molecule has 0 aliphatic rings. The average molecular weight is 793 g/mol. The number of benzene rings is 4. The molecule has 0 spiro atoms. The number of imidazole rings is 1. The van der Waals surface area contributed by atoms with E-state index in [1.54, 1.807) is 6.20 Å². The number of hydrogen-bond acceptors (Lipinski definition) is 4. The predicted molar refractivity (Wildman–Crippen MR) is 187 cm³/mol. The van der Waals surface area contributed by atoms with Crippen LogP contribution < -0.4 is 5.19 Å². The van der Waals surface area contributed by atoms with Crippen molar-refractivity contribution in [1.29, 1.82) is 0 Å². The zero-order valence-electron chi connectivity index (χ0n) is 26.1. The Bertz CT molecular complexity index is 2220. The summed E-state index contributed by atoms with van der Waals surface area (Å²) in [5.41, 5.74) is 8.46. The third-order valence-corrected chi connectivity index (χ3v) is 9.99. The van der Waals surface area contributed by atoms with Crippen LogP contribution in [0.15, 0.2) is 126 Å². The number of para-hydroxylation sites is 1. The molecular weight excluding hydrogens is 761 g/mol. The second-order valence-electron chi connectivity index (χ2n) is 12.0. The fourth-order valence-corrected chi connectivity index (χ4v) is 6.74. The van der Waals surface area contributed by atoms with E-state index in [1.165, 1.54) is 5.19 Å². The third-order valence-electron chi connectivity index (χ3n) is 7.94. The Hall–Kier alpha value is -4.68. The standard InChI is InChI=1S/C28H24N3OSi.C11H8N.Ir/c1-18-26-24(15-16-29-18)31(19-9-6-5-7-10-19)28(30-26)23-12-8-11-22-21-14-13-20(33(2,3)4)17-25(21)32-27(22)23;1-2-6-10(7-3-1)11-8-4-5-9-12-11;/h5-11,13-17H,1-4H3;1-6,8-9H;/q2*-1;. The number of pyridine rings is 2. The largest absolute Gasteiger partial charge is 0.501 e. The van der Waals surface area contributed by atoms with E-state index in [-0.39, 0.29) is 20.1 Å².